The number of hydrogen-bond donors (Lipinski definition) is 2. The molecule has 0 radical (unpaired) electrons. The van der Waals surface area contributed by atoms with E-state index in [2.05, 4.69) is 10.6 Å². The molecule has 1 rings (SSSR count). The number of carbonyl (C=O) groups is 1. The summed E-state index contributed by atoms with van der Waals surface area (Å²) >= 11 is 0. The van der Waals surface area contributed by atoms with Crippen molar-refractivity contribution in [1.29, 1.82) is 5.26 Å². The second-order valence-corrected chi connectivity index (χ2v) is 4.00. The van der Waals surface area contributed by atoms with Crippen LogP contribution in [0.2, 0.25) is 0 Å². The zero-order valence-electron chi connectivity index (χ0n) is 11.5. The van der Waals surface area contributed by atoms with Crippen molar-refractivity contribution in [3.63, 3.8) is 0 Å². The Labute approximate surface area is 118 Å². The summed E-state index contributed by atoms with van der Waals surface area (Å²) in [7, 11) is 1.65. The molecule has 0 atom stereocenters. The van der Waals surface area contributed by atoms with Crippen LogP contribution in [0.1, 0.15) is 5.56 Å². The number of nitriles is 1. The van der Waals surface area contributed by atoms with Gasteiger partial charge in [0.2, 0.25) is 0 Å². The van der Waals surface area contributed by atoms with Gasteiger partial charge in [0.1, 0.15) is 12.3 Å². The summed E-state index contributed by atoms with van der Waals surface area (Å²) in [5.41, 5.74) is 0.969. The largest absolute Gasteiger partial charge is 0.483 e. The van der Waals surface area contributed by atoms with Crippen LogP contribution in [0.15, 0.2) is 24.3 Å². The minimum Gasteiger partial charge on any atom is -0.483 e. The van der Waals surface area contributed by atoms with Crippen molar-refractivity contribution in [3.05, 3.63) is 29.8 Å². The Morgan fingerprint density at radius 3 is 2.95 bits per heavy atom. The molecule has 0 saturated heterocycles. The summed E-state index contributed by atoms with van der Waals surface area (Å²) in [5, 5.41) is 14.0. The van der Waals surface area contributed by atoms with E-state index in [1.807, 2.05) is 30.3 Å². The van der Waals surface area contributed by atoms with Crippen LogP contribution in [0, 0.1) is 11.3 Å². The van der Waals surface area contributed by atoms with Crippen molar-refractivity contribution in [2.75, 3.05) is 33.4 Å². The van der Waals surface area contributed by atoms with Crippen molar-refractivity contribution >= 4 is 5.91 Å². The zero-order chi connectivity index (χ0) is 14.6. The van der Waals surface area contributed by atoms with Crippen molar-refractivity contribution in [2.45, 2.75) is 6.54 Å². The summed E-state index contributed by atoms with van der Waals surface area (Å²) in [6, 6.07) is 9.34. The second kappa shape index (κ2) is 9.78. The number of para-hydroxylation sites is 1. The molecule has 1 aromatic carbocycles. The lowest BCUT2D eigenvalue weighted by atomic mass is 10.2. The number of benzene rings is 1. The maximum Gasteiger partial charge on any atom is 0.258 e. The molecule has 0 unspecified atom stereocenters. The van der Waals surface area contributed by atoms with Crippen molar-refractivity contribution in [2.24, 2.45) is 0 Å². The monoisotopic (exact) mass is 277 g/mol. The van der Waals surface area contributed by atoms with Gasteiger partial charge in [0.05, 0.1) is 12.7 Å². The number of rotatable bonds is 9. The van der Waals surface area contributed by atoms with E-state index in [9.17, 15) is 4.79 Å². The fourth-order valence-corrected chi connectivity index (χ4v) is 1.52. The van der Waals surface area contributed by atoms with E-state index in [1.54, 1.807) is 7.11 Å². The van der Waals surface area contributed by atoms with Gasteiger partial charge in [-0.05, 0) is 6.07 Å². The Morgan fingerprint density at radius 1 is 1.40 bits per heavy atom. The SMILES string of the molecule is COCCNCc1ccccc1OCC(=O)NCC#N. The van der Waals surface area contributed by atoms with E-state index in [4.69, 9.17) is 14.7 Å². The summed E-state index contributed by atoms with van der Waals surface area (Å²) in [6.07, 6.45) is 0. The van der Waals surface area contributed by atoms with Crippen LogP contribution in [0.4, 0.5) is 0 Å². The predicted octanol–water partition coefficient (Wildman–Crippen LogP) is 0.441. The van der Waals surface area contributed by atoms with Gasteiger partial charge in [0, 0.05) is 25.8 Å². The minimum absolute atomic E-state index is 0.0115. The Kier molecular flexibility index (Phi) is 7.80. The lowest BCUT2D eigenvalue weighted by molar-refractivity contribution is -0.122. The van der Waals surface area contributed by atoms with Crippen molar-refractivity contribution in [1.82, 2.24) is 10.6 Å². The molecule has 6 nitrogen and oxygen atoms in total. The Bertz CT molecular complexity index is 457. The van der Waals surface area contributed by atoms with Crippen LogP contribution in [-0.2, 0) is 16.1 Å². The lowest BCUT2D eigenvalue weighted by Gasteiger charge is -2.11. The number of methoxy groups -OCH3 is 1. The normalized spacial score (nSPS) is 9.80. The second-order valence-electron chi connectivity index (χ2n) is 4.00. The molecular weight excluding hydrogens is 258 g/mol. The molecule has 2 N–H and O–H groups in total. The average Bonchev–Trinajstić information content (AvgIpc) is 2.48. The van der Waals surface area contributed by atoms with E-state index < -0.39 is 0 Å². The molecular formula is C14H19N3O3. The van der Waals surface area contributed by atoms with E-state index >= 15 is 0 Å². The first-order chi connectivity index (χ1) is 9.77. The van der Waals surface area contributed by atoms with Crippen LogP contribution in [0.25, 0.3) is 0 Å². The van der Waals surface area contributed by atoms with Crippen LogP contribution >= 0.6 is 0 Å². The quantitative estimate of drug-likeness (QED) is 0.505. The van der Waals surface area contributed by atoms with Crippen LogP contribution in [-0.4, -0.2) is 39.3 Å². The standard InChI is InChI=1S/C14H19N3O3/c1-19-9-8-16-10-12-4-2-3-5-13(12)20-11-14(18)17-7-6-15/h2-5,16H,7-11H2,1H3,(H,17,18). The zero-order valence-corrected chi connectivity index (χ0v) is 11.5. The summed E-state index contributed by atoms with van der Waals surface area (Å²) in [6.45, 7) is 1.91. The van der Waals surface area contributed by atoms with Gasteiger partial charge in [-0.25, -0.2) is 0 Å². The maximum absolute atomic E-state index is 11.4. The lowest BCUT2D eigenvalue weighted by Crippen LogP contribution is -2.29. The molecule has 6 heteroatoms. The highest BCUT2D eigenvalue weighted by Gasteiger charge is 2.05. The molecule has 0 spiro atoms. The number of carbonyl (C=O) groups excluding carboxylic acids is 1. The van der Waals surface area contributed by atoms with Gasteiger partial charge >= 0.3 is 0 Å². The summed E-state index contributed by atoms with van der Waals surface area (Å²) < 4.78 is 10.4. The molecule has 0 aliphatic carbocycles. The highest BCUT2D eigenvalue weighted by molar-refractivity contribution is 5.77. The Morgan fingerprint density at radius 2 is 2.20 bits per heavy atom. The van der Waals surface area contributed by atoms with Gasteiger partial charge in [-0.2, -0.15) is 5.26 Å². The van der Waals surface area contributed by atoms with Crippen LogP contribution < -0.4 is 15.4 Å². The van der Waals surface area contributed by atoms with E-state index in [1.165, 1.54) is 0 Å². The first-order valence-corrected chi connectivity index (χ1v) is 6.32. The highest BCUT2D eigenvalue weighted by atomic mass is 16.5. The third-order valence-electron chi connectivity index (χ3n) is 2.49. The van der Waals surface area contributed by atoms with Crippen LogP contribution in [0.3, 0.4) is 0 Å². The molecule has 108 valence electrons. The van der Waals surface area contributed by atoms with Gasteiger partial charge in [0.15, 0.2) is 6.61 Å². The first kappa shape index (κ1) is 16.0. The smallest absolute Gasteiger partial charge is 0.258 e. The Balaban J connectivity index is 2.44. The number of hydrogen-bond acceptors (Lipinski definition) is 5. The molecule has 1 aromatic rings. The molecule has 0 aromatic heterocycles. The van der Waals surface area contributed by atoms with Crippen LogP contribution in [0.5, 0.6) is 5.75 Å². The van der Waals surface area contributed by atoms with Crippen molar-refractivity contribution in [3.8, 4) is 11.8 Å². The average molecular weight is 277 g/mol. The van der Waals surface area contributed by atoms with Crippen molar-refractivity contribution < 1.29 is 14.3 Å². The minimum atomic E-state index is -0.311. The van der Waals surface area contributed by atoms with Gasteiger partial charge in [0.25, 0.3) is 5.91 Å². The highest BCUT2D eigenvalue weighted by Crippen LogP contribution is 2.17. The van der Waals surface area contributed by atoms with Gasteiger partial charge in [-0.15, -0.1) is 0 Å². The molecule has 1 amide bonds. The maximum atomic E-state index is 11.4. The molecule has 0 bridgehead atoms. The number of ether oxygens (including phenoxy) is 2. The van der Waals surface area contributed by atoms with Gasteiger partial charge in [-0.3, -0.25) is 4.79 Å². The fourth-order valence-electron chi connectivity index (χ4n) is 1.52. The molecule has 0 heterocycles. The predicted molar refractivity (Wildman–Crippen MR) is 74.1 cm³/mol. The number of nitrogens with one attached hydrogen (secondary N) is 2. The van der Waals surface area contributed by atoms with Gasteiger partial charge < -0.3 is 20.1 Å². The first-order valence-electron chi connectivity index (χ1n) is 6.32. The molecule has 0 aliphatic heterocycles. The van der Waals surface area contributed by atoms with Gasteiger partial charge in [-0.1, -0.05) is 18.2 Å². The fraction of sp³-hybridized carbons (Fsp3) is 0.429. The Hall–Kier alpha value is -2.10. The van der Waals surface area contributed by atoms with E-state index in [0.717, 1.165) is 12.1 Å². The third kappa shape index (κ3) is 6.18. The summed E-state index contributed by atoms with van der Waals surface area (Å²) in [4.78, 5) is 11.4. The third-order valence-corrected chi connectivity index (χ3v) is 2.49. The molecule has 20 heavy (non-hydrogen) atoms. The summed E-state index contributed by atoms with van der Waals surface area (Å²) in [5.74, 6) is 0.346. The van der Waals surface area contributed by atoms with E-state index in [-0.39, 0.29) is 19.1 Å². The van der Waals surface area contributed by atoms with E-state index in [0.29, 0.717) is 18.9 Å². The topological polar surface area (TPSA) is 83.4 Å². The molecule has 0 saturated carbocycles. The molecule has 0 fully saturated rings. The number of nitrogens with zero attached hydrogens (tertiary/aromatic N) is 1. The number of amides is 1. The molecule has 0 aliphatic rings.